The Morgan fingerprint density at radius 1 is 1.78 bits per heavy atom. The monoisotopic (exact) mass is 157 g/mol. The molecule has 0 bridgehead atoms. The van der Waals surface area contributed by atoms with Crippen LogP contribution in [0.15, 0.2) is 11.4 Å². The molecular weight excluding hydrogens is 154 g/mol. The number of hydrogen-bond donors (Lipinski definition) is 0. The molecular formula is C6H4ClNS. The molecule has 46 valence electrons. The summed E-state index contributed by atoms with van der Waals surface area (Å²) in [6.45, 7) is 6.95. The molecule has 0 aliphatic carbocycles. The maximum absolute atomic E-state index is 6.55. The predicted molar refractivity (Wildman–Crippen MR) is 39.6 cm³/mol. The summed E-state index contributed by atoms with van der Waals surface area (Å²) < 4.78 is 0.742. The summed E-state index contributed by atoms with van der Waals surface area (Å²) in [5.74, 6) is 0. The van der Waals surface area contributed by atoms with Crippen molar-refractivity contribution in [3.8, 4) is 0 Å². The molecule has 3 heteroatoms. The van der Waals surface area contributed by atoms with Crippen molar-refractivity contribution >= 4 is 22.9 Å². The number of rotatable bonds is 1. The molecule has 9 heavy (non-hydrogen) atoms. The van der Waals surface area contributed by atoms with Gasteiger partial charge >= 0.3 is 0 Å². The molecule has 1 heterocycles. The summed E-state index contributed by atoms with van der Waals surface area (Å²) in [4.78, 5) is 3.21. The summed E-state index contributed by atoms with van der Waals surface area (Å²) in [6, 6.07) is 1.88. The smallest absolute Gasteiger partial charge is 0.242 e. The molecule has 0 amide bonds. The molecule has 0 radical (unpaired) electrons. The quantitative estimate of drug-likeness (QED) is 0.553. The lowest BCUT2D eigenvalue weighted by atomic mass is 10.3. The highest BCUT2D eigenvalue weighted by atomic mass is 35.5. The summed E-state index contributed by atoms with van der Waals surface area (Å²) in [6.07, 6.45) is 0. The molecule has 1 aromatic rings. The molecule has 1 nitrogen and oxygen atoms in total. The Morgan fingerprint density at radius 3 is 3.00 bits per heavy atom. The number of halogens is 1. The zero-order valence-electron chi connectivity index (χ0n) is 4.60. The van der Waals surface area contributed by atoms with Gasteiger partial charge < -0.3 is 4.85 Å². The van der Waals surface area contributed by atoms with E-state index in [1.54, 1.807) is 0 Å². The minimum Gasteiger partial charge on any atom is -0.312 e. The molecule has 0 saturated carbocycles. The van der Waals surface area contributed by atoms with E-state index in [9.17, 15) is 0 Å². The maximum atomic E-state index is 6.55. The van der Waals surface area contributed by atoms with Crippen molar-refractivity contribution in [3.05, 3.63) is 32.8 Å². The molecule has 0 unspecified atom stereocenters. The van der Waals surface area contributed by atoms with E-state index in [1.807, 2.05) is 11.4 Å². The van der Waals surface area contributed by atoms with E-state index in [0.29, 0.717) is 6.54 Å². The van der Waals surface area contributed by atoms with Crippen LogP contribution in [0.1, 0.15) is 5.56 Å². The molecule has 0 N–H and O–H groups in total. The van der Waals surface area contributed by atoms with E-state index in [0.717, 1.165) is 9.90 Å². The Labute approximate surface area is 62.7 Å². The largest absolute Gasteiger partial charge is 0.312 e. The first-order valence-electron chi connectivity index (χ1n) is 2.39. The van der Waals surface area contributed by atoms with Crippen molar-refractivity contribution in [2.45, 2.75) is 6.54 Å². The van der Waals surface area contributed by atoms with Gasteiger partial charge in [-0.15, -0.1) is 11.3 Å². The van der Waals surface area contributed by atoms with Gasteiger partial charge in [-0.3, -0.25) is 0 Å². The SMILES string of the molecule is [C-]#[N+]Cc1ccsc1Cl. The summed E-state index contributed by atoms with van der Waals surface area (Å²) in [5.41, 5.74) is 0.941. The zero-order chi connectivity index (χ0) is 6.69. The Bertz CT molecular complexity index is 235. The first-order valence-corrected chi connectivity index (χ1v) is 3.65. The van der Waals surface area contributed by atoms with Crippen molar-refractivity contribution in [1.29, 1.82) is 0 Å². The standard InChI is InChI=1S/C6H4ClNS/c1-8-4-5-2-3-9-6(5)7/h2-3H,4H2. The van der Waals surface area contributed by atoms with E-state index in [4.69, 9.17) is 18.2 Å². The van der Waals surface area contributed by atoms with Gasteiger partial charge in [0.05, 0.1) is 5.56 Å². The third-order valence-corrected chi connectivity index (χ3v) is 2.19. The fourth-order valence-electron chi connectivity index (χ4n) is 0.517. The van der Waals surface area contributed by atoms with Crippen molar-refractivity contribution < 1.29 is 0 Å². The van der Waals surface area contributed by atoms with Crippen LogP contribution in [0.3, 0.4) is 0 Å². The third kappa shape index (κ3) is 1.44. The molecule has 1 aromatic heterocycles. The topological polar surface area (TPSA) is 4.36 Å². The highest BCUT2D eigenvalue weighted by molar-refractivity contribution is 7.14. The Kier molecular flexibility index (Phi) is 2.10. The lowest BCUT2D eigenvalue weighted by molar-refractivity contribution is 1.29. The van der Waals surface area contributed by atoms with Gasteiger partial charge in [-0.05, 0) is 11.4 Å². The second-order valence-electron chi connectivity index (χ2n) is 1.54. The Morgan fingerprint density at radius 2 is 2.56 bits per heavy atom. The molecule has 0 spiro atoms. The van der Waals surface area contributed by atoms with E-state index >= 15 is 0 Å². The molecule has 0 saturated heterocycles. The van der Waals surface area contributed by atoms with E-state index in [2.05, 4.69) is 4.85 Å². The van der Waals surface area contributed by atoms with Crippen LogP contribution in [-0.4, -0.2) is 0 Å². The van der Waals surface area contributed by atoms with Crippen molar-refractivity contribution in [2.24, 2.45) is 0 Å². The second-order valence-corrected chi connectivity index (χ2v) is 3.05. The Balaban J connectivity index is 2.84. The number of nitrogens with zero attached hydrogens (tertiary/aromatic N) is 1. The lowest BCUT2D eigenvalue weighted by Gasteiger charge is -1.81. The molecule has 0 aliphatic heterocycles. The predicted octanol–water partition coefficient (Wildman–Crippen LogP) is 2.82. The van der Waals surface area contributed by atoms with Crippen LogP contribution in [0.25, 0.3) is 4.85 Å². The van der Waals surface area contributed by atoms with Crippen molar-refractivity contribution in [2.75, 3.05) is 0 Å². The Hall–Kier alpha value is -0.520. The van der Waals surface area contributed by atoms with Gasteiger partial charge in [0.2, 0.25) is 6.54 Å². The van der Waals surface area contributed by atoms with Crippen LogP contribution in [0, 0.1) is 6.57 Å². The highest BCUT2D eigenvalue weighted by Crippen LogP contribution is 2.22. The van der Waals surface area contributed by atoms with Crippen molar-refractivity contribution in [1.82, 2.24) is 0 Å². The second kappa shape index (κ2) is 2.86. The highest BCUT2D eigenvalue weighted by Gasteiger charge is 2.01. The van der Waals surface area contributed by atoms with Gasteiger partial charge in [0.15, 0.2) is 0 Å². The third-order valence-electron chi connectivity index (χ3n) is 0.943. The normalized spacial score (nSPS) is 8.89. The average Bonchev–Trinajstić information content (AvgIpc) is 2.18. The number of hydrogen-bond acceptors (Lipinski definition) is 1. The van der Waals surface area contributed by atoms with Crippen molar-refractivity contribution in [3.63, 3.8) is 0 Å². The van der Waals surface area contributed by atoms with E-state index in [-0.39, 0.29) is 0 Å². The minimum atomic E-state index is 0.405. The summed E-state index contributed by atoms with van der Waals surface area (Å²) in [5, 5.41) is 1.89. The molecule has 0 atom stereocenters. The lowest BCUT2D eigenvalue weighted by Crippen LogP contribution is -1.70. The maximum Gasteiger partial charge on any atom is 0.242 e. The first kappa shape index (κ1) is 6.60. The summed E-state index contributed by atoms with van der Waals surface area (Å²) >= 11 is 7.16. The van der Waals surface area contributed by atoms with E-state index in [1.165, 1.54) is 11.3 Å². The van der Waals surface area contributed by atoms with Gasteiger partial charge in [0.25, 0.3) is 0 Å². The molecule has 0 aromatic carbocycles. The van der Waals surface area contributed by atoms with Crippen LogP contribution in [-0.2, 0) is 6.54 Å². The van der Waals surface area contributed by atoms with Gasteiger partial charge in [0.1, 0.15) is 4.34 Å². The van der Waals surface area contributed by atoms with Crippen LogP contribution < -0.4 is 0 Å². The van der Waals surface area contributed by atoms with Gasteiger partial charge in [0, 0.05) is 0 Å². The average molecular weight is 158 g/mol. The van der Waals surface area contributed by atoms with Crippen LogP contribution in [0.5, 0.6) is 0 Å². The zero-order valence-corrected chi connectivity index (χ0v) is 6.17. The fraction of sp³-hybridized carbons (Fsp3) is 0.167. The first-order chi connectivity index (χ1) is 4.34. The van der Waals surface area contributed by atoms with Crippen LogP contribution >= 0.6 is 22.9 Å². The van der Waals surface area contributed by atoms with E-state index < -0.39 is 0 Å². The van der Waals surface area contributed by atoms with Crippen LogP contribution in [0.2, 0.25) is 4.34 Å². The van der Waals surface area contributed by atoms with Crippen LogP contribution in [0.4, 0.5) is 0 Å². The molecule has 0 aliphatic rings. The molecule has 1 rings (SSSR count). The molecule has 0 fully saturated rings. The van der Waals surface area contributed by atoms with Gasteiger partial charge in [-0.2, -0.15) is 0 Å². The fourth-order valence-corrected chi connectivity index (χ4v) is 1.43. The minimum absolute atomic E-state index is 0.405. The van der Waals surface area contributed by atoms with Gasteiger partial charge in [-0.25, -0.2) is 6.57 Å². The summed E-state index contributed by atoms with van der Waals surface area (Å²) in [7, 11) is 0. The number of thiophene rings is 1. The van der Waals surface area contributed by atoms with Gasteiger partial charge in [-0.1, -0.05) is 11.6 Å².